The summed E-state index contributed by atoms with van der Waals surface area (Å²) in [5, 5.41) is 11.9. The smallest absolute Gasteiger partial charge is 0.335 e. The van der Waals surface area contributed by atoms with Crippen LogP contribution in [0, 0.1) is 5.92 Å². The van der Waals surface area contributed by atoms with Gasteiger partial charge in [0.25, 0.3) is 5.91 Å². The number of carbonyl (C=O) groups excluding carboxylic acids is 1. The molecule has 2 unspecified atom stereocenters. The second kappa shape index (κ2) is 5.87. The molecule has 1 amide bonds. The summed E-state index contributed by atoms with van der Waals surface area (Å²) >= 11 is 0. The van der Waals surface area contributed by atoms with Gasteiger partial charge in [-0.25, -0.2) is 4.79 Å². The summed E-state index contributed by atoms with van der Waals surface area (Å²) in [5.74, 6) is -0.706. The molecule has 0 radical (unpaired) electrons. The van der Waals surface area contributed by atoms with Crippen LogP contribution in [0.3, 0.4) is 0 Å². The molecule has 0 saturated heterocycles. The predicted octanol–water partition coefficient (Wildman–Crippen LogP) is 2.69. The summed E-state index contributed by atoms with van der Waals surface area (Å²) in [6.45, 7) is 2.15. The summed E-state index contributed by atoms with van der Waals surface area (Å²) in [7, 11) is 0. The van der Waals surface area contributed by atoms with Gasteiger partial charge in [-0.1, -0.05) is 25.8 Å². The van der Waals surface area contributed by atoms with E-state index in [1.54, 1.807) is 12.1 Å². The maximum absolute atomic E-state index is 12.1. The summed E-state index contributed by atoms with van der Waals surface area (Å²) in [5.41, 5.74) is 0.557. The van der Waals surface area contributed by atoms with Crippen molar-refractivity contribution in [3.63, 3.8) is 0 Å². The Morgan fingerprint density at radius 1 is 1.21 bits per heavy atom. The number of hydrogen-bond donors (Lipinski definition) is 2. The lowest BCUT2D eigenvalue weighted by Gasteiger charge is -2.29. The largest absolute Gasteiger partial charge is 0.478 e. The number of rotatable bonds is 3. The highest BCUT2D eigenvalue weighted by molar-refractivity contribution is 5.97. The van der Waals surface area contributed by atoms with E-state index in [1.807, 2.05) is 0 Å². The van der Waals surface area contributed by atoms with Crippen molar-refractivity contribution in [2.24, 2.45) is 5.92 Å². The minimum Gasteiger partial charge on any atom is -0.478 e. The molecule has 1 aliphatic rings. The molecule has 0 spiro atoms. The first-order chi connectivity index (χ1) is 9.08. The van der Waals surface area contributed by atoms with Gasteiger partial charge < -0.3 is 10.4 Å². The molecule has 0 aromatic heterocycles. The number of carboxylic acids is 1. The van der Waals surface area contributed by atoms with Crippen molar-refractivity contribution in [3.05, 3.63) is 35.4 Å². The van der Waals surface area contributed by atoms with Crippen molar-refractivity contribution >= 4 is 11.9 Å². The van der Waals surface area contributed by atoms with Gasteiger partial charge in [0.2, 0.25) is 0 Å². The van der Waals surface area contributed by atoms with Gasteiger partial charge in [0.1, 0.15) is 0 Å². The number of amides is 1. The van der Waals surface area contributed by atoms with Crippen LogP contribution >= 0.6 is 0 Å². The molecule has 19 heavy (non-hydrogen) atoms. The van der Waals surface area contributed by atoms with Crippen LogP contribution in [0.5, 0.6) is 0 Å². The van der Waals surface area contributed by atoms with Gasteiger partial charge in [0.15, 0.2) is 0 Å². The summed E-state index contributed by atoms with van der Waals surface area (Å²) < 4.78 is 0. The standard InChI is InChI=1S/C15H19NO3/c1-10-5-2-3-8-13(10)16-14(17)11-6-4-7-12(9-11)15(18)19/h4,6-7,9-10,13H,2-3,5,8H2,1H3,(H,16,17)(H,18,19). The van der Waals surface area contributed by atoms with E-state index in [9.17, 15) is 9.59 Å². The molecule has 0 aliphatic heterocycles. The van der Waals surface area contributed by atoms with E-state index in [0.29, 0.717) is 11.5 Å². The van der Waals surface area contributed by atoms with E-state index in [-0.39, 0.29) is 17.5 Å². The molecule has 1 aromatic rings. The normalized spacial score (nSPS) is 22.8. The summed E-state index contributed by atoms with van der Waals surface area (Å²) in [4.78, 5) is 23.0. The zero-order valence-electron chi connectivity index (χ0n) is 11.1. The lowest BCUT2D eigenvalue weighted by Crippen LogP contribution is -2.41. The fraction of sp³-hybridized carbons (Fsp3) is 0.467. The van der Waals surface area contributed by atoms with Crippen LogP contribution in [-0.2, 0) is 0 Å². The Balaban J connectivity index is 2.07. The highest BCUT2D eigenvalue weighted by Crippen LogP contribution is 2.24. The Morgan fingerprint density at radius 2 is 1.89 bits per heavy atom. The van der Waals surface area contributed by atoms with E-state index >= 15 is 0 Å². The summed E-state index contributed by atoms with van der Waals surface area (Å²) in [6.07, 6.45) is 4.51. The molecule has 4 heteroatoms. The highest BCUT2D eigenvalue weighted by atomic mass is 16.4. The second-order valence-electron chi connectivity index (χ2n) is 5.23. The molecule has 1 aliphatic carbocycles. The van der Waals surface area contributed by atoms with Crippen LogP contribution in [0.2, 0.25) is 0 Å². The van der Waals surface area contributed by atoms with Gasteiger partial charge in [0, 0.05) is 11.6 Å². The molecule has 102 valence electrons. The monoisotopic (exact) mass is 261 g/mol. The van der Waals surface area contributed by atoms with Crippen LogP contribution in [0.1, 0.15) is 53.3 Å². The van der Waals surface area contributed by atoms with Gasteiger partial charge in [0.05, 0.1) is 5.56 Å². The number of hydrogen-bond acceptors (Lipinski definition) is 2. The summed E-state index contributed by atoms with van der Waals surface area (Å²) in [6, 6.07) is 6.36. The second-order valence-corrected chi connectivity index (χ2v) is 5.23. The zero-order valence-corrected chi connectivity index (χ0v) is 11.1. The topological polar surface area (TPSA) is 66.4 Å². The molecule has 2 N–H and O–H groups in total. The molecule has 0 heterocycles. The maximum atomic E-state index is 12.1. The Kier molecular flexibility index (Phi) is 4.20. The predicted molar refractivity (Wildman–Crippen MR) is 72.3 cm³/mol. The first-order valence-electron chi connectivity index (χ1n) is 6.72. The molecule has 4 nitrogen and oxygen atoms in total. The number of aromatic carboxylic acids is 1. The Bertz CT molecular complexity index is 484. The van der Waals surface area contributed by atoms with Gasteiger partial charge >= 0.3 is 5.97 Å². The first-order valence-corrected chi connectivity index (χ1v) is 6.72. The third-order valence-electron chi connectivity index (χ3n) is 3.80. The van der Waals surface area contributed by atoms with Crippen molar-refractivity contribution in [3.8, 4) is 0 Å². The lowest BCUT2D eigenvalue weighted by atomic mass is 9.86. The van der Waals surface area contributed by atoms with Crippen molar-refractivity contribution in [2.75, 3.05) is 0 Å². The number of carbonyl (C=O) groups is 2. The quantitative estimate of drug-likeness (QED) is 0.879. The average molecular weight is 261 g/mol. The zero-order chi connectivity index (χ0) is 13.8. The van der Waals surface area contributed by atoms with Crippen LogP contribution in [0.15, 0.2) is 24.3 Å². The van der Waals surface area contributed by atoms with E-state index in [2.05, 4.69) is 12.2 Å². The van der Waals surface area contributed by atoms with Crippen molar-refractivity contribution in [1.29, 1.82) is 0 Å². The van der Waals surface area contributed by atoms with E-state index in [0.717, 1.165) is 19.3 Å². The lowest BCUT2D eigenvalue weighted by molar-refractivity contribution is 0.0697. The molecule has 1 fully saturated rings. The van der Waals surface area contributed by atoms with E-state index in [4.69, 9.17) is 5.11 Å². The Morgan fingerprint density at radius 3 is 2.58 bits per heavy atom. The van der Waals surface area contributed by atoms with E-state index in [1.165, 1.54) is 18.6 Å². The number of nitrogens with one attached hydrogen (secondary N) is 1. The first kappa shape index (κ1) is 13.6. The van der Waals surface area contributed by atoms with Gasteiger partial charge in [-0.05, 0) is 37.0 Å². The number of carboxylic acid groups (broad SMARTS) is 1. The van der Waals surface area contributed by atoms with Crippen molar-refractivity contribution < 1.29 is 14.7 Å². The van der Waals surface area contributed by atoms with Gasteiger partial charge in [-0.2, -0.15) is 0 Å². The molecule has 2 atom stereocenters. The van der Waals surface area contributed by atoms with Crippen molar-refractivity contribution in [1.82, 2.24) is 5.32 Å². The third-order valence-corrected chi connectivity index (χ3v) is 3.80. The van der Waals surface area contributed by atoms with Crippen LogP contribution in [0.25, 0.3) is 0 Å². The molecule has 2 rings (SSSR count). The molecular formula is C15H19NO3. The average Bonchev–Trinajstić information content (AvgIpc) is 2.41. The Labute approximate surface area is 112 Å². The minimum atomic E-state index is -1.01. The maximum Gasteiger partial charge on any atom is 0.335 e. The molecule has 1 saturated carbocycles. The fourth-order valence-corrected chi connectivity index (χ4v) is 2.58. The number of benzene rings is 1. The third kappa shape index (κ3) is 3.34. The Hall–Kier alpha value is -1.84. The SMILES string of the molecule is CC1CCCCC1NC(=O)c1cccc(C(=O)O)c1. The highest BCUT2D eigenvalue weighted by Gasteiger charge is 2.23. The van der Waals surface area contributed by atoms with Crippen LogP contribution in [0.4, 0.5) is 0 Å². The van der Waals surface area contributed by atoms with E-state index < -0.39 is 5.97 Å². The van der Waals surface area contributed by atoms with Crippen molar-refractivity contribution in [2.45, 2.75) is 38.6 Å². The molecular weight excluding hydrogens is 242 g/mol. The van der Waals surface area contributed by atoms with Crippen LogP contribution in [-0.4, -0.2) is 23.0 Å². The molecule has 1 aromatic carbocycles. The fourth-order valence-electron chi connectivity index (χ4n) is 2.58. The minimum absolute atomic E-state index is 0.143. The van der Waals surface area contributed by atoms with Crippen LogP contribution < -0.4 is 5.32 Å². The van der Waals surface area contributed by atoms with Gasteiger partial charge in [-0.15, -0.1) is 0 Å². The molecule has 0 bridgehead atoms. The van der Waals surface area contributed by atoms with Gasteiger partial charge in [-0.3, -0.25) is 4.79 Å².